The first-order chi connectivity index (χ1) is 39.2. The van der Waals surface area contributed by atoms with Crippen LogP contribution in [0.15, 0.2) is 170 Å². The number of rotatable bonds is 0. The molecule has 0 saturated heterocycles. The molecule has 390 valence electrons. The number of nitrogens with one attached hydrogen (secondary N) is 6. The van der Waals surface area contributed by atoms with Crippen molar-refractivity contribution < 1.29 is 19.2 Å². The quantitative estimate of drug-likeness (QED) is 0.0882. The molecule has 9 aromatic rings. The molecule has 0 radical (unpaired) electrons. The van der Waals surface area contributed by atoms with E-state index in [2.05, 4.69) is 31.2 Å². The number of hydrogen-bond donors (Lipinski definition) is 6. The summed E-state index contributed by atoms with van der Waals surface area (Å²) in [5, 5.41) is 13.1. The molecule has 6 N–H and O–H groups in total. The Labute approximate surface area is 461 Å². The van der Waals surface area contributed by atoms with Crippen molar-refractivity contribution in [2.45, 2.75) is 51.4 Å². The zero-order chi connectivity index (χ0) is 54.1. The number of nitrogens with zero attached hydrogens (tertiary/aromatic N) is 2. The van der Waals surface area contributed by atoms with Crippen molar-refractivity contribution in [3.05, 3.63) is 215 Å². The highest BCUT2D eigenvalue weighted by Gasteiger charge is 2.24. The molecule has 80 heavy (non-hydrogen) atoms. The van der Waals surface area contributed by atoms with E-state index < -0.39 is 0 Å². The summed E-state index contributed by atoms with van der Waals surface area (Å²) < 4.78 is 0. The minimum atomic E-state index is -0.152. The van der Waals surface area contributed by atoms with E-state index in [4.69, 9.17) is 9.97 Å². The lowest BCUT2D eigenvalue weighted by Crippen LogP contribution is -2.13. The number of aromatic nitrogens is 4. The number of para-hydroxylation sites is 4. The Balaban J connectivity index is 1.16. The van der Waals surface area contributed by atoms with E-state index >= 15 is 0 Å². The number of hydrogen-bond acceptors (Lipinski definition) is 6. The molecule has 12 heteroatoms. The molecule has 12 nitrogen and oxygen atoms in total. The van der Waals surface area contributed by atoms with Crippen LogP contribution in [0.25, 0.3) is 90.9 Å². The zero-order valence-electron chi connectivity index (χ0n) is 43.7. The second kappa shape index (κ2) is 21.3. The Morgan fingerprint density at radius 3 is 0.725 bits per heavy atom. The number of carbonyl (C=O) groups excluding carboxylic acids is 4. The van der Waals surface area contributed by atoms with Gasteiger partial charge in [0.25, 0.3) is 0 Å². The number of anilines is 4. The Morgan fingerprint density at radius 1 is 0.263 bits per heavy atom. The van der Waals surface area contributed by atoms with Gasteiger partial charge in [0.2, 0.25) is 23.6 Å². The normalized spacial score (nSPS) is 14.5. The fourth-order valence-electron chi connectivity index (χ4n) is 11.2. The summed E-state index contributed by atoms with van der Waals surface area (Å²) in [6.45, 7) is 0. The summed E-state index contributed by atoms with van der Waals surface area (Å²) in [5.41, 5.74) is 17.6. The van der Waals surface area contributed by atoms with Crippen LogP contribution in [-0.4, -0.2) is 43.6 Å². The summed E-state index contributed by atoms with van der Waals surface area (Å²) in [5.74, 6) is -0.609. The highest BCUT2D eigenvalue weighted by atomic mass is 16.2. The lowest BCUT2D eigenvalue weighted by molar-refractivity contribution is -0.117. The number of amides is 4. The fraction of sp³-hybridized carbons (Fsp3) is 0.118. The predicted octanol–water partition coefficient (Wildman–Crippen LogP) is 14.2. The lowest BCUT2D eigenvalue weighted by atomic mass is 10.0. The zero-order valence-corrected chi connectivity index (χ0v) is 43.7. The summed E-state index contributed by atoms with van der Waals surface area (Å²) in [6, 6.07) is 55.4. The van der Waals surface area contributed by atoms with Crippen LogP contribution in [0.1, 0.15) is 70.7 Å². The molecule has 3 aromatic heterocycles. The van der Waals surface area contributed by atoms with Gasteiger partial charge < -0.3 is 31.2 Å². The fourth-order valence-corrected chi connectivity index (χ4v) is 11.2. The maximum Gasteiger partial charge on any atom is 0.224 e. The molecule has 19 rings (SSSR count). The van der Waals surface area contributed by atoms with Gasteiger partial charge in [0.15, 0.2) is 0 Å². The van der Waals surface area contributed by atoms with Gasteiger partial charge in [0.1, 0.15) is 0 Å². The molecular weight excluding hydrogens is 993 g/mol. The molecule has 0 saturated carbocycles. The van der Waals surface area contributed by atoms with Crippen molar-refractivity contribution in [3.8, 4) is 44.5 Å². The van der Waals surface area contributed by atoms with E-state index in [1.54, 1.807) is 0 Å². The minimum Gasteiger partial charge on any atom is -0.354 e. The van der Waals surface area contributed by atoms with Gasteiger partial charge >= 0.3 is 0 Å². The number of carbonyl (C=O) groups is 4. The van der Waals surface area contributed by atoms with Crippen LogP contribution in [0.5, 0.6) is 0 Å². The molecule has 4 amide bonds. The molecule has 0 aliphatic carbocycles. The monoisotopic (exact) mass is 1050 g/mol. The van der Waals surface area contributed by atoms with Crippen LogP contribution in [0.2, 0.25) is 0 Å². The molecule has 6 aromatic carbocycles. The molecule has 0 spiro atoms. The van der Waals surface area contributed by atoms with E-state index in [0.29, 0.717) is 93.3 Å². The van der Waals surface area contributed by atoms with Gasteiger partial charge in [-0.3, -0.25) is 19.2 Å². The van der Waals surface area contributed by atoms with Crippen molar-refractivity contribution >= 4 is 92.7 Å². The van der Waals surface area contributed by atoms with Gasteiger partial charge in [0.05, 0.1) is 22.8 Å². The highest BCUT2D eigenvalue weighted by molar-refractivity contribution is 6.07. The maximum absolute atomic E-state index is 14.1. The van der Waals surface area contributed by atoms with E-state index in [0.717, 1.165) is 66.8 Å². The molecule has 10 aliphatic heterocycles. The molecule has 0 atom stereocenters. The number of H-pyrrole nitrogens is 2. The van der Waals surface area contributed by atoms with Crippen LogP contribution in [-0.2, 0) is 44.9 Å². The third-order valence-electron chi connectivity index (χ3n) is 15.2. The summed E-state index contributed by atoms with van der Waals surface area (Å²) in [4.78, 5) is 75.2. The van der Waals surface area contributed by atoms with Crippen molar-refractivity contribution in [3.63, 3.8) is 0 Å². The average molecular weight is 1050 g/mol. The first-order valence-electron chi connectivity index (χ1n) is 27.1. The Hall–Kier alpha value is -10.2. The van der Waals surface area contributed by atoms with Crippen molar-refractivity contribution in [2.24, 2.45) is 0 Å². The van der Waals surface area contributed by atoms with E-state index in [1.807, 2.05) is 194 Å². The van der Waals surface area contributed by atoms with Crippen molar-refractivity contribution in [1.82, 2.24) is 19.9 Å². The molecule has 16 bridgehead atoms. The molecule has 13 heterocycles. The first-order valence-corrected chi connectivity index (χ1v) is 27.1. The Morgan fingerprint density at radius 2 is 0.487 bits per heavy atom. The van der Waals surface area contributed by atoms with Gasteiger partial charge in [-0.1, -0.05) is 121 Å². The third kappa shape index (κ3) is 10.0. The van der Waals surface area contributed by atoms with Crippen LogP contribution >= 0.6 is 0 Å². The van der Waals surface area contributed by atoms with Crippen LogP contribution < -0.4 is 21.3 Å². The summed E-state index contributed by atoms with van der Waals surface area (Å²) in [6.07, 6.45) is 11.0. The third-order valence-corrected chi connectivity index (χ3v) is 15.2. The number of benzene rings is 6. The standard InChI is InChI=1S/C68H54N8O4/c77-61-37-25-41-17-19-42(20-18-41)26-40-64(80)76-52-16-8-4-12-48(52)68-59-35-33-57(71-59)66-46-10-2-6-14-50(46)74-62(78)38-27-43-21-23-44(24-22-43)28-39-63(79)75-51-15-7-3-11-47(51)67(58-34-36-60(68)72-58)56-32-30-54(70-56)65(53-29-31-55(66)69-53)45-9-1-5-13-49(45)73-61/h1-24,29-36,69,72H,25-28,37-40H2,(H,73,77)(H,74,78)(H,75,79)(H,76,80). The first kappa shape index (κ1) is 49.4. The summed E-state index contributed by atoms with van der Waals surface area (Å²) in [7, 11) is 0. The second-order valence-corrected chi connectivity index (χ2v) is 20.5. The smallest absolute Gasteiger partial charge is 0.224 e. The van der Waals surface area contributed by atoms with Gasteiger partial charge in [-0.2, -0.15) is 0 Å². The number of aryl methyl sites for hydroxylation is 4. The number of aromatic amines is 2. The SMILES string of the molecule is O=C1CCc2ccc(cc2)CCC(=O)Nc2ccccc2-c2c3nc(c4c5ccc([nH]5)c(c5nc(c(c6ccc2[nH]6)-c2ccccc2NC(=O)CCc2ccc(cc2)CCC(=O)Nc2ccccc2-4)C=C5)-c2ccccc2N1)C=C3. The van der Waals surface area contributed by atoms with Crippen molar-refractivity contribution in [2.75, 3.05) is 21.3 Å². The van der Waals surface area contributed by atoms with Crippen LogP contribution in [0.3, 0.4) is 0 Å². The predicted molar refractivity (Wildman–Crippen MR) is 321 cm³/mol. The van der Waals surface area contributed by atoms with E-state index in [9.17, 15) is 19.2 Å². The Bertz CT molecular complexity index is 3690. The van der Waals surface area contributed by atoms with Gasteiger partial charge in [-0.15, -0.1) is 0 Å². The second-order valence-electron chi connectivity index (χ2n) is 20.5. The summed E-state index contributed by atoms with van der Waals surface area (Å²) >= 11 is 0. The molecule has 10 aliphatic rings. The topological polar surface area (TPSA) is 174 Å². The highest BCUT2D eigenvalue weighted by Crippen LogP contribution is 2.43. The van der Waals surface area contributed by atoms with Gasteiger partial charge in [0, 0.05) is 115 Å². The van der Waals surface area contributed by atoms with Crippen LogP contribution in [0.4, 0.5) is 22.7 Å². The molecular formula is C68H54N8O4. The molecule has 0 fully saturated rings. The van der Waals surface area contributed by atoms with Gasteiger partial charge in [-0.25, -0.2) is 9.97 Å². The largest absolute Gasteiger partial charge is 0.354 e. The van der Waals surface area contributed by atoms with E-state index in [1.165, 1.54) is 0 Å². The van der Waals surface area contributed by atoms with Gasteiger partial charge in [-0.05, 0) is 121 Å². The van der Waals surface area contributed by atoms with E-state index in [-0.39, 0.29) is 49.3 Å². The van der Waals surface area contributed by atoms with Crippen LogP contribution in [0, 0.1) is 0 Å². The molecule has 0 unspecified atom stereocenters. The lowest BCUT2D eigenvalue weighted by Gasteiger charge is -2.14. The van der Waals surface area contributed by atoms with Crippen molar-refractivity contribution in [1.29, 1.82) is 0 Å². The Kier molecular flexibility index (Phi) is 13.2. The average Bonchev–Trinajstić information content (AvgIpc) is 4.35. The minimum absolute atomic E-state index is 0.152. The maximum atomic E-state index is 14.1.